The molecule has 0 radical (unpaired) electrons. The van der Waals surface area contributed by atoms with Crippen molar-refractivity contribution in [2.45, 2.75) is 37.8 Å². The van der Waals surface area contributed by atoms with Crippen molar-refractivity contribution in [2.24, 2.45) is 7.05 Å². The fraction of sp³-hybridized carbons (Fsp3) is 0.269. The number of nitriles is 1. The molecule has 1 saturated carbocycles. The number of rotatable bonds is 5. The number of carboxylic acid groups (broad SMARTS) is 1. The number of aryl methyl sites for hydroxylation is 1. The Bertz CT molecular complexity index is 1400. The van der Waals surface area contributed by atoms with E-state index in [0.29, 0.717) is 18.5 Å². The van der Waals surface area contributed by atoms with E-state index in [4.69, 9.17) is 0 Å². The zero-order chi connectivity index (χ0) is 23.7. The van der Waals surface area contributed by atoms with Gasteiger partial charge in [-0.2, -0.15) is 10.4 Å². The molecule has 1 aliphatic carbocycles. The molecule has 34 heavy (non-hydrogen) atoms. The topological polar surface area (TPSA) is 108 Å². The average Bonchev–Trinajstić information content (AvgIpc) is 3.50. The molecule has 5 rings (SSSR count). The number of nitrogens with zero attached hydrogens (tertiary/aromatic N) is 6. The van der Waals surface area contributed by atoms with E-state index >= 15 is 0 Å². The number of amides is 1. The van der Waals surface area contributed by atoms with Crippen LogP contribution in [-0.2, 0) is 19.1 Å². The van der Waals surface area contributed by atoms with Crippen LogP contribution in [-0.4, -0.2) is 35.8 Å². The van der Waals surface area contributed by atoms with Gasteiger partial charge in [0, 0.05) is 25.2 Å². The molecule has 4 aromatic rings. The van der Waals surface area contributed by atoms with Crippen molar-refractivity contribution in [3.63, 3.8) is 0 Å². The minimum Gasteiger partial charge on any atom is -0.465 e. The predicted octanol–water partition coefficient (Wildman–Crippen LogP) is 4.85. The minimum atomic E-state index is -0.996. The van der Waals surface area contributed by atoms with Crippen LogP contribution in [0.3, 0.4) is 0 Å². The average molecular weight is 453 g/mol. The molecule has 0 saturated heterocycles. The minimum absolute atomic E-state index is 0.0591. The van der Waals surface area contributed by atoms with Gasteiger partial charge >= 0.3 is 6.09 Å². The molecule has 1 fully saturated rings. The van der Waals surface area contributed by atoms with E-state index < -0.39 is 11.6 Å². The van der Waals surface area contributed by atoms with Crippen molar-refractivity contribution in [3.8, 4) is 17.2 Å². The summed E-state index contributed by atoms with van der Waals surface area (Å²) >= 11 is 0. The predicted molar refractivity (Wildman–Crippen MR) is 127 cm³/mol. The molecule has 170 valence electrons. The standard InChI is InChI=1S/C26H24N6O2/c1-31-22-14-20(8-9-21(22)16-29-31)19-6-4-18(5-7-19)17-32(25(33)34)26(11-2-3-12-26)23-10-13-28-24(15-27)30-23/h4-10,13-14,16H,2-3,11-12,17H2,1H3,(H,33,34). The Kier molecular flexibility index (Phi) is 5.46. The van der Waals surface area contributed by atoms with Crippen molar-refractivity contribution in [3.05, 3.63) is 78.0 Å². The number of benzene rings is 2. The third-order valence-electron chi connectivity index (χ3n) is 6.79. The summed E-state index contributed by atoms with van der Waals surface area (Å²) in [5, 5.41) is 24.8. The monoisotopic (exact) mass is 452 g/mol. The van der Waals surface area contributed by atoms with Crippen molar-refractivity contribution in [2.75, 3.05) is 0 Å². The van der Waals surface area contributed by atoms with Crippen molar-refractivity contribution < 1.29 is 9.90 Å². The van der Waals surface area contributed by atoms with Crippen LogP contribution in [0.1, 0.15) is 42.8 Å². The Morgan fingerprint density at radius 2 is 1.88 bits per heavy atom. The number of hydrogen-bond acceptors (Lipinski definition) is 5. The quantitative estimate of drug-likeness (QED) is 0.464. The third kappa shape index (κ3) is 3.75. The molecule has 2 aromatic carbocycles. The first-order chi connectivity index (χ1) is 16.5. The highest BCUT2D eigenvalue weighted by molar-refractivity contribution is 5.84. The van der Waals surface area contributed by atoms with E-state index in [1.165, 1.54) is 11.1 Å². The van der Waals surface area contributed by atoms with E-state index in [0.717, 1.165) is 40.4 Å². The van der Waals surface area contributed by atoms with Crippen LogP contribution >= 0.6 is 0 Å². The zero-order valence-electron chi connectivity index (χ0n) is 18.8. The van der Waals surface area contributed by atoms with Crippen LogP contribution in [0.2, 0.25) is 0 Å². The largest absolute Gasteiger partial charge is 0.465 e. The summed E-state index contributed by atoms with van der Waals surface area (Å²) in [6.07, 6.45) is 5.54. The lowest BCUT2D eigenvalue weighted by Gasteiger charge is -2.39. The van der Waals surface area contributed by atoms with Crippen LogP contribution in [0.15, 0.2) is 60.9 Å². The first kappa shape index (κ1) is 21.6. The van der Waals surface area contributed by atoms with Gasteiger partial charge in [-0.1, -0.05) is 49.2 Å². The Morgan fingerprint density at radius 1 is 1.15 bits per heavy atom. The van der Waals surface area contributed by atoms with Crippen molar-refractivity contribution in [1.29, 1.82) is 5.26 Å². The summed E-state index contributed by atoms with van der Waals surface area (Å²) in [7, 11) is 1.92. The highest BCUT2D eigenvalue weighted by Gasteiger charge is 2.45. The Hall–Kier alpha value is -4.25. The van der Waals surface area contributed by atoms with Gasteiger partial charge < -0.3 is 5.11 Å². The number of carbonyl (C=O) groups is 1. The molecule has 2 heterocycles. The molecule has 8 nitrogen and oxygen atoms in total. The number of aromatic nitrogens is 4. The molecular weight excluding hydrogens is 428 g/mol. The molecule has 0 aliphatic heterocycles. The van der Waals surface area contributed by atoms with Crippen LogP contribution in [0.4, 0.5) is 4.79 Å². The van der Waals surface area contributed by atoms with Crippen molar-refractivity contribution in [1.82, 2.24) is 24.6 Å². The Balaban J connectivity index is 1.45. The van der Waals surface area contributed by atoms with Crippen LogP contribution in [0.25, 0.3) is 22.0 Å². The molecule has 8 heteroatoms. The second-order valence-electron chi connectivity index (χ2n) is 8.72. The highest BCUT2D eigenvalue weighted by Crippen LogP contribution is 2.44. The summed E-state index contributed by atoms with van der Waals surface area (Å²) in [6.45, 7) is 0.238. The maximum Gasteiger partial charge on any atom is 0.408 e. The highest BCUT2D eigenvalue weighted by atomic mass is 16.4. The van der Waals surface area contributed by atoms with Crippen molar-refractivity contribution >= 4 is 17.0 Å². The SMILES string of the molecule is Cn1ncc2ccc(-c3ccc(CN(C(=O)O)C4(c5ccnc(C#N)n5)CCCC4)cc3)cc21. The van der Waals surface area contributed by atoms with Gasteiger partial charge in [-0.15, -0.1) is 0 Å². The summed E-state index contributed by atoms with van der Waals surface area (Å²) in [6, 6.07) is 17.9. The lowest BCUT2D eigenvalue weighted by atomic mass is 9.90. The summed E-state index contributed by atoms with van der Waals surface area (Å²) < 4.78 is 1.85. The first-order valence-electron chi connectivity index (χ1n) is 11.3. The molecule has 0 bridgehead atoms. The maximum atomic E-state index is 12.5. The number of hydrogen-bond donors (Lipinski definition) is 1. The number of fused-ring (bicyclic) bond motifs is 1. The van der Waals surface area contributed by atoms with Gasteiger partial charge in [0.25, 0.3) is 0 Å². The van der Waals surface area contributed by atoms with E-state index in [2.05, 4.69) is 33.3 Å². The van der Waals surface area contributed by atoms with Gasteiger partial charge in [-0.3, -0.25) is 9.58 Å². The summed E-state index contributed by atoms with van der Waals surface area (Å²) in [4.78, 5) is 22.3. The first-order valence-corrected chi connectivity index (χ1v) is 11.3. The molecule has 0 atom stereocenters. The molecule has 1 N–H and O–H groups in total. The smallest absolute Gasteiger partial charge is 0.408 e. The lowest BCUT2D eigenvalue weighted by Crippen LogP contribution is -2.47. The van der Waals surface area contributed by atoms with Gasteiger partial charge in [0.15, 0.2) is 0 Å². The Morgan fingerprint density at radius 3 is 2.59 bits per heavy atom. The molecule has 0 unspecified atom stereocenters. The molecular formula is C26H24N6O2. The molecule has 0 spiro atoms. The molecule has 2 aromatic heterocycles. The molecule has 1 aliphatic rings. The van der Waals surface area contributed by atoms with Gasteiger partial charge in [-0.25, -0.2) is 14.8 Å². The van der Waals surface area contributed by atoms with Crippen LogP contribution in [0.5, 0.6) is 0 Å². The Labute approximate surface area is 197 Å². The van der Waals surface area contributed by atoms with Crippen LogP contribution in [0, 0.1) is 11.3 Å². The third-order valence-corrected chi connectivity index (χ3v) is 6.79. The van der Waals surface area contributed by atoms with E-state index in [9.17, 15) is 15.2 Å². The van der Waals surface area contributed by atoms with Gasteiger partial charge in [0.2, 0.25) is 5.82 Å². The van der Waals surface area contributed by atoms with Crippen LogP contribution < -0.4 is 0 Å². The molecule has 1 amide bonds. The van der Waals surface area contributed by atoms with Gasteiger partial charge in [-0.05, 0) is 41.7 Å². The van der Waals surface area contributed by atoms with E-state index in [1.54, 1.807) is 6.07 Å². The second kappa shape index (κ2) is 8.60. The lowest BCUT2D eigenvalue weighted by molar-refractivity contribution is 0.0671. The second-order valence-corrected chi connectivity index (χ2v) is 8.72. The summed E-state index contributed by atoms with van der Waals surface area (Å²) in [5.41, 5.74) is 3.93. The zero-order valence-corrected chi connectivity index (χ0v) is 18.8. The fourth-order valence-electron chi connectivity index (χ4n) is 5.01. The van der Waals surface area contributed by atoms with Gasteiger partial charge in [0.1, 0.15) is 6.07 Å². The summed E-state index contributed by atoms with van der Waals surface area (Å²) in [5.74, 6) is 0.0591. The normalized spacial score (nSPS) is 14.7. The fourth-order valence-corrected chi connectivity index (χ4v) is 5.01. The van der Waals surface area contributed by atoms with Gasteiger partial charge in [0.05, 0.1) is 22.9 Å². The van der Waals surface area contributed by atoms with E-state index in [-0.39, 0.29) is 12.4 Å². The van der Waals surface area contributed by atoms with E-state index in [1.807, 2.05) is 48.3 Å². The maximum absolute atomic E-state index is 12.5.